The summed E-state index contributed by atoms with van der Waals surface area (Å²) in [4.78, 5) is 11.8. The summed E-state index contributed by atoms with van der Waals surface area (Å²) in [5.74, 6) is -0.235. The maximum absolute atomic E-state index is 14.5. The Morgan fingerprint density at radius 2 is 2.17 bits per heavy atom. The Morgan fingerprint density at radius 3 is 2.87 bits per heavy atom. The van der Waals surface area contributed by atoms with Crippen LogP contribution in [0.2, 0.25) is 5.15 Å². The van der Waals surface area contributed by atoms with E-state index in [1.165, 1.54) is 17.8 Å². The summed E-state index contributed by atoms with van der Waals surface area (Å²) in [7, 11) is 0. The molecule has 0 radical (unpaired) electrons. The van der Waals surface area contributed by atoms with Crippen molar-refractivity contribution < 1.29 is 4.39 Å². The maximum Gasteiger partial charge on any atom is 0.145 e. The van der Waals surface area contributed by atoms with Crippen molar-refractivity contribution in [2.45, 2.75) is 25.9 Å². The van der Waals surface area contributed by atoms with Crippen LogP contribution in [0.1, 0.15) is 18.9 Å². The molecule has 2 aromatic heterocycles. The van der Waals surface area contributed by atoms with Crippen LogP contribution in [0.25, 0.3) is 20.9 Å². The standard InChI is InChI=1S/C17H15ClFN3S/c1-10-6-7-22(10)9-11-2-3-12(13(19)8-11)16-20-14-4-5-15(18)21-17(14)23-16/h2-5,8,10H,6-7,9H2,1H3. The van der Waals surface area contributed by atoms with E-state index >= 15 is 0 Å². The molecule has 0 saturated carbocycles. The number of pyridine rings is 1. The number of thiazole rings is 1. The molecule has 0 bridgehead atoms. The highest BCUT2D eigenvalue weighted by Crippen LogP contribution is 2.32. The third kappa shape index (κ3) is 2.84. The lowest BCUT2D eigenvalue weighted by atomic mass is 10.0. The Balaban J connectivity index is 1.64. The highest BCUT2D eigenvalue weighted by Gasteiger charge is 2.23. The van der Waals surface area contributed by atoms with Gasteiger partial charge in [-0.05, 0) is 43.2 Å². The fraction of sp³-hybridized carbons (Fsp3) is 0.294. The van der Waals surface area contributed by atoms with E-state index in [1.807, 2.05) is 18.2 Å². The number of halogens is 2. The molecule has 0 aliphatic carbocycles. The molecule has 118 valence electrons. The molecule has 0 spiro atoms. The zero-order chi connectivity index (χ0) is 16.0. The van der Waals surface area contributed by atoms with Crippen LogP contribution in [0.3, 0.4) is 0 Å². The molecule has 23 heavy (non-hydrogen) atoms. The first-order valence-corrected chi connectivity index (χ1v) is 8.75. The highest BCUT2D eigenvalue weighted by molar-refractivity contribution is 7.21. The second-order valence-corrected chi connectivity index (χ2v) is 7.26. The topological polar surface area (TPSA) is 29.0 Å². The first-order chi connectivity index (χ1) is 11.1. The van der Waals surface area contributed by atoms with E-state index in [2.05, 4.69) is 21.8 Å². The summed E-state index contributed by atoms with van der Waals surface area (Å²) in [5, 5.41) is 1.06. The van der Waals surface area contributed by atoms with Gasteiger partial charge in [0.25, 0.3) is 0 Å². The van der Waals surface area contributed by atoms with E-state index in [0.717, 1.165) is 29.0 Å². The number of likely N-dealkylation sites (tertiary alicyclic amines) is 1. The average molecular weight is 348 g/mol. The maximum atomic E-state index is 14.5. The molecule has 1 saturated heterocycles. The van der Waals surface area contributed by atoms with Crippen molar-refractivity contribution in [1.29, 1.82) is 0 Å². The fourth-order valence-electron chi connectivity index (χ4n) is 2.78. The largest absolute Gasteiger partial charge is 0.296 e. The van der Waals surface area contributed by atoms with Crippen LogP contribution in [-0.2, 0) is 6.54 Å². The second kappa shape index (κ2) is 5.82. The smallest absolute Gasteiger partial charge is 0.145 e. The summed E-state index contributed by atoms with van der Waals surface area (Å²) >= 11 is 7.25. The van der Waals surface area contributed by atoms with E-state index in [0.29, 0.717) is 21.8 Å². The lowest BCUT2D eigenvalue weighted by Gasteiger charge is -2.38. The predicted molar refractivity (Wildman–Crippen MR) is 92.3 cm³/mol. The van der Waals surface area contributed by atoms with Crippen LogP contribution in [0.15, 0.2) is 30.3 Å². The molecule has 6 heteroatoms. The van der Waals surface area contributed by atoms with Gasteiger partial charge in [-0.25, -0.2) is 14.4 Å². The van der Waals surface area contributed by atoms with Gasteiger partial charge in [-0.15, -0.1) is 0 Å². The minimum absolute atomic E-state index is 0.235. The van der Waals surface area contributed by atoms with Crippen molar-refractivity contribution in [1.82, 2.24) is 14.9 Å². The molecular formula is C17H15ClFN3S. The van der Waals surface area contributed by atoms with Crippen LogP contribution in [0.4, 0.5) is 4.39 Å². The van der Waals surface area contributed by atoms with Gasteiger partial charge in [-0.2, -0.15) is 0 Å². The quantitative estimate of drug-likeness (QED) is 0.640. The third-order valence-electron chi connectivity index (χ3n) is 4.33. The number of fused-ring (bicyclic) bond motifs is 1. The molecule has 1 unspecified atom stereocenters. The van der Waals surface area contributed by atoms with Gasteiger partial charge in [0, 0.05) is 24.7 Å². The summed E-state index contributed by atoms with van der Waals surface area (Å²) in [6.07, 6.45) is 1.22. The highest BCUT2D eigenvalue weighted by atomic mass is 35.5. The molecule has 3 aromatic rings. The Labute approximate surface area is 142 Å². The summed E-state index contributed by atoms with van der Waals surface area (Å²) < 4.78 is 14.5. The van der Waals surface area contributed by atoms with Gasteiger partial charge in [-0.1, -0.05) is 29.0 Å². The molecular weight excluding hydrogens is 333 g/mol. The van der Waals surface area contributed by atoms with Gasteiger partial charge in [0.2, 0.25) is 0 Å². The zero-order valence-corrected chi connectivity index (χ0v) is 14.2. The molecule has 1 fully saturated rings. The number of hydrogen-bond donors (Lipinski definition) is 0. The summed E-state index contributed by atoms with van der Waals surface area (Å²) in [6.45, 7) is 4.09. The summed E-state index contributed by atoms with van der Waals surface area (Å²) in [5.41, 5.74) is 2.26. The number of rotatable bonds is 3. The first kappa shape index (κ1) is 15.0. The van der Waals surface area contributed by atoms with Crippen molar-refractivity contribution >= 4 is 33.3 Å². The molecule has 4 rings (SSSR count). The summed E-state index contributed by atoms with van der Waals surface area (Å²) in [6, 6.07) is 9.51. The minimum atomic E-state index is -0.235. The van der Waals surface area contributed by atoms with Crippen molar-refractivity contribution in [3.05, 3.63) is 46.9 Å². The van der Waals surface area contributed by atoms with Crippen LogP contribution in [0, 0.1) is 5.82 Å². The number of aromatic nitrogens is 2. The molecule has 1 aliphatic heterocycles. The van der Waals surface area contributed by atoms with Crippen LogP contribution in [-0.4, -0.2) is 27.5 Å². The Kier molecular flexibility index (Phi) is 3.79. The van der Waals surface area contributed by atoms with Crippen molar-refractivity contribution in [3.8, 4) is 10.6 Å². The Morgan fingerprint density at radius 1 is 1.30 bits per heavy atom. The van der Waals surface area contributed by atoms with Crippen molar-refractivity contribution in [3.63, 3.8) is 0 Å². The van der Waals surface area contributed by atoms with Gasteiger partial charge in [-0.3, -0.25) is 4.90 Å². The minimum Gasteiger partial charge on any atom is -0.296 e. The van der Waals surface area contributed by atoms with Crippen molar-refractivity contribution in [2.75, 3.05) is 6.54 Å². The normalized spacial score (nSPS) is 18.3. The SMILES string of the molecule is CC1CCN1Cc1ccc(-c2nc3ccc(Cl)nc3s2)c(F)c1. The second-order valence-electron chi connectivity index (χ2n) is 5.90. The van der Waals surface area contributed by atoms with Gasteiger partial charge >= 0.3 is 0 Å². The third-order valence-corrected chi connectivity index (χ3v) is 5.54. The van der Waals surface area contributed by atoms with Crippen molar-refractivity contribution in [2.24, 2.45) is 0 Å². The van der Waals surface area contributed by atoms with Gasteiger partial charge in [0.15, 0.2) is 0 Å². The van der Waals surface area contributed by atoms with Crippen LogP contribution in [0.5, 0.6) is 0 Å². The number of benzene rings is 1. The first-order valence-electron chi connectivity index (χ1n) is 7.56. The molecule has 3 heterocycles. The van der Waals surface area contributed by atoms with Crippen LogP contribution < -0.4 is 0 Å². The van der Waals surface area contributed by atoms with Crippen LogP contribution >= 0.6 is 22.9 Å². The van der Waals surface area contributed by atoms with E-state index in [-0.39, 0.29) is 5.82 Å². The van der Waals surface area contributed by atoms with Gasteiger partial charge in [0.1, 0.15) is 26.3 Å². The Hall–Kier alpha value is -1.56. The molecule has 1 atom stereocenters. The number of nitrogens with zero attached hydrogens (tertiary/aromatic N) is 3. The van der Waals surface area contributed by atoms with Gasteiger partial charge < -0.3 is 0 Å². The van der Waals surface area contributed by atoms with Gasteiger partial charge in [0.05, 0.1) is 0 Å². The molecule has 1 aromatic carbocycles. The van der Waals surface area contributed by atoms with E-state index in [1.54, 1.807) is 12.1 Å². The number of hydrogen-bond acceptors (Lipinski definition) is 4. The monoisotopic (exact) mass is 347 g/mol. The van der Waals surface area contributed by atoms with E-state index < -0.39 is 0 Å². The molecule has 0 amide bonds. The molecule has 3 nitrogen and oxygen atoms in total. The molecule has 1 aliphatic rings. The fourth-order valence-corrected chi connectivity index (χ4v) is 3.94. The average Bonchev–Trinajstić information content (AvgIpc) is 2.94. The lowest BCUT2D eigenvalue weighted by Crippen LogP contribution is -2.44. The predicted octanol–water partition coefficient (Wildman–Crippen LogP) is 4.75. The van der Waals surface area contributed by atoms with E-state index in [9.17, 15) is 4.39 Å². The zero-order valence-electron chi connectivity index (χ0n) is 12.6. The van der Waals surface area contributed by atoms with E-state index in [4.69, 9.17) is 11.6 Å². The lowest BCUT2D eigenvalue weighted by molar-refractivity contribution is 0.0958. The Bertz CT molecular complexity index is 879. The molecule has 0 N–H and O–H groups in total.